The summed E-state index contributed by atoms with van der Waals surface area (Å²) in [4.78, 5) is 0. The number of alkyl halides is 2. The lowest BCUT2D eigenvalue weighted by molar-refractivity contribution is -0.0707. The SMILES string of the molecule is NCC1(CC2CCCCC2)CCC(F)(F)CC1. The van der Waals surface area contributed by atoms with Crippen LogP contribution in [0, 0.1) is 11.3 Å². The first-order valence-electron chi connectivity index (χ1n) is 7.13. The van der Waals surface area contributed by atoms with E-state index in [2.05, 4.69) is 0 Å². The Kier molecular flexibility index (Phi) is 4.06. The predicted octanol–water partition coefficient (Wildman–Crippen LogP) is 4.11. The average molecular weight is 245 g/mol. The lowest BCUT2D eigenvalue weighted by atomic mass is 9.66. The van der Waals surface area contributed by atoms with Crippen LogP contribution in [0.4, 0.5) is 8.78 Å². The lowest BCUT2D eigenvalue weighted by Gasteiger charge is -2.42. The third-order valence-corrected chi connectivity index (χ3v) is 4.92. The summed E-state index contributed by atoms with van der Waals surface area (Å²) in [5, 5.41) is 0. The van der Waals surface area contributed by atoms with E-state index in [1.807, 2.05) is 0 Å². The van der Waals surface area contributed by atoms with Crippen LogP contribution in [-0.2, 0) is 0 Å². The van der Waals surface area contributed by atoms with Crippen LogP contribution in [-0.4, -0.2) is 12.5 Å². The van der Waals surface area contributed by atoms with Crippen molar-refractivity contribution in [3.8, 4) is 0 Å². The molecule has 0 radical (unpaired) electrons. The Labute approximate surface area is 103 Å². The topological polar surface area (TPSA) is 26.0 Å². The molecule has 0 amide bonds. The molecule has 2 rings (SSSR count). The summed E-state index contributed by atoms with van der Waals surface area (Å²) in [6.45, 7) is 0.597. The van der Waals surface area contributed by atoms with Crippen molar-refractivity contribution in [3.63, 3.8) is 0 Å². The molecule has 0 aromatic carbocycles. The molecule has 2 aliphatic carbocycles. The summed E-state index contributed by atoms with van der Waals surface area (Å²) < 4.78 is 26.4. The van der Waals surface area contributed by atoms with Gasteiger partial charge in [-0.15, -0.1) is 0 Å². The minimum absolute atomic E-state index is 0.0314. The fourth-order valence-corrected chi connectivity index (χ4v) is 3.64. The van der Waals surface area contributed by atoms with Crippen LogP contribution in [0.15, 0.2) is 0 Å². The van der Waals surface area contributed by atoms with Crippen molar-refractivity contribution >= 4 is 0 Å². The Morgan fingerprint density at radius 2 is 1.53 bits per heavy atom. The Hall–Kier alpha value is -0.180. The van der Waals surface area contributed by atoms with E-state index in [0.717, 1.165) is 12.3 Å². The van der Waals surface area contributed by atoms with Crippen molar-refractivity contribution in [1.82, 2.24) is 0 Å². The fourth-order valence-electron chi connectivity index (χ4n) is 3.64. The summed E-state index contributed by atoms with van der Waals surface area (Å²) >= 11 is 0. The van der Waals surface area contributed by atoms with E-state index in [-0.39, 0.29) is 18.3 Å². The molecular weight excluding hydrogens is 220 g/mol. The molecule has 0 spiro atoms. The molecule has 100 valence electrons. The first-order valence-corrected chi connectivity index (χ1v) is 7.13. The standard InChI is InChI=1S/C14H25F2N/c15-14(16)8-6-13(11-17,7-9-14)10-12-4-2-1-3-5-12/h12H,1-11,17H2. The summed E-state index contributed by atoms with van der Waals surface area (Å²) in [5.74, 6) is -1.68. The summed E-state index contributed by atoms with van der Waals surface area (Å²) in [6, 6.07) is 0. The van der Waals surface area contributed by atoms with E-state index in [4.69, 9.17) is 5.73 Å². The minimum atomic E-state index is -2.43. The quantitative estimate of drug-likeness (QED) is 0.795. The summed E-state index contributed by atoms with van der Waals surface area (Å²) in [7, 11) is 0. The second-order valence-electron chi connectivity index (χ2n) is 6.27. The highest BCUT2D eigenvalue weighted by atomic mass is 19.3. The molecule has 0 aromatic rings. The molecule has 0 unspecified atom stereocenters. The molecule has 17 heavy (non-hydrogen) atoms. The molecule has 0 bridgehead atoms. The maximum atomic E-state index is 13.2. The van der Waals surface area contributed by atoms with E-state index < -0.39 is 5.92 Å². The third-order valence-electron chi connectivity index (χ3n) is 4.92. The Morgan fingerprint density at radius 1 is 0.941 bits per heavy atom. The minimum Gasteiger partial charge on any atom is -0.330 e. The predicted molar refractivity (Wildman–Crippen MR) is 66.1 cm³/mol. The van der Waals surface area contributed by atoms with Gasteiger partial charge in [-0.1, -0.05) is 32.1 Å². The van der Waals surface area contributed by atoms with Gasteiger partial charge in [0.1, 0.15) is 0 Å². The van der Waals surface area contributed by atoms with Crippen LogP contribution in [0.3, 0.4) is 0 Å². The van der Waals surface area contributed by atoms with Gasteiger partial charge in [-0.05, 0) is 37.1 Å². The van der Waals surface area contributed by atoms with Crippen LogP contribution in [0.25, 0.3) is 0 Å². The molecule has 1 nitrogen and oxygen atoms in total. The summed E-state index contributed by atoms with van der Waals surface area (Å²) in [6.07, 6.45) is 9.04. The van der Waals surface area contributed by atoms with Crippen LogP contribution in [0.2, 0.25) is 0 Å². The van der Waals surface area contributed by atoms with Crippen molar-refractivity contribution < 1.29 is 8.78 Å². The van der Waals surface area contributed by atoms with E-state index in [0.29, 0.717) is 19.4 Å². The fraction of sp³-hybridized carbons (Fsp3) is 1.00. The van der Waals surface area contributed by atoms with Crippen molar-refractivity contribution in [2.24, 2.45) is 17.1 Å². The number of rotatable bonds is 3. The second kappa shape index (κ2) is 5.21. The van der Waals surface area contributed by atoms with Crippen molar-refractivity contribution in [3.05, 3.63) is 0 Å². The highest BCUT2D eigenvalue weighted by Gasteiger charge is 2.43. The molecule has 2 aliphatic rings. The van der Waals surface area contributed by atoms with E-state index in [9.17, 15) is 8.78 Å². The largest absolute Gasteiger partial charge is 0.330 e. The highest BCUT2D eigenvalue weighted by molar-refractivity contribution is 4.91. The average Bonchev–Trinajstić information content (AvgIpc) is 2.34. The molecule has 2 saturated carbocycles. The highest BCUT2D eigenvalue weighted by Crippen LogP contribution is 2.48. The Balaban J connectivity index is 1.91. The van der Waals surface area contributed by atoms with Gasteiger partial charge >= 0.3 is 0 Å². The zero-order chi connectivity index (χ0) is 12.4. The number of halogens is 2. The van der Waals surface area contributed by atoms with Gasteiger partial charge in [-0.25, -0.2) is 8.78 Å². The lowest BCUT2D eigenvalue weighted by Crippen LogP contribution is -2.40. The van der Waals surface area contributed by atoms with Gasteiger partial charge in [0.25, 0.3) is 0 Å². The smallest absolute Gasteiger partial charge is 0.248 e. The molecule has 0 heterocycles. The van der Waals surface area contributed by atoms with Gasteiger partial charge < -0.3 is 5.73 Å². The van der Waals surface area contributed by atoms with Gasteiger partial charge in [-0.3, -0.25) is 0 Å². The number of nitrogens with two attached hydrogens (primary N) is 1. The first kappa shape index (κ1) is 13.3. The van der Waals surface area contributed by atoms with Crippen LogP contribution in [0.1, 0.15) is 64.2 Å². The van der Waals surface area contributed by atoms with Crippen LogP contribution in [0.5, 0.6) is 0 Å². The Bertz CT molecular complexity index is 237. The number of hydrogen-bond donors (Lipinski definition) is 1. The van der Waals surface area contributed by atoms with Gasteiger partial charge in [0.05, 0.1) is 0 Å². The van der Waals surface area contributed by atoms with Gasteiger partial charge in [0.15, 0.2) is 0 Å². The van der Waals surface area contributed by atoms with Crippen LogP contribution >= 0.6 is 0 Å². The molecule has 2 fully saturated rings. The maximum absolute atomic E-state index is 13.2. The summed E-state index contributed by atoms with van der Waals surface area (Å²) in [5.41, 5.74) is 5.93. The zero-order valence-electron chi connectivity index (χ0n) is 10.7. The first-order chi connectivity index (χ1) is 8.05. The van der Waals surface area contributed by atoms with Crippen LogP contribution < -0.4 is 5.73 Å². The Morgan fingerprint density at radius 3 is 2.06 bits per heavy atom. The molecule has 2 N–H and O–H groups in total. The third kappa shape index (κ3) is 3.40. The molecular formula is C14H25F2N. The maximum Gasteiger partial charge on any atom is 0.248 e. The van der Waals surface area contributed by atoms with E-state index in [1.54, 1.807) is 0 Å². The molecule has 3 heteroatoms. The van der Waals surface area contributed by atoms with E-state index >= 15 is 0 Å². The van der Waals surface area contributed by atoms with Gasteiger partial charge in [-0.2, -0.15) is 0 Å². The van der Waals surface area contributed by atoms with E-state index in [1.165, 1.54) is 32.1 Å². The zero-order valence-corrected chi connectivity index (χ0v) is 10.7. The molecule has 0 aromatic heterocycles. The normalized spacial score (nSPS) is 29.1. The van der Waals surface area contributed by atoms with Crippen molar-refractivity contribution in [2.45, 2.75) is 70.1 Å². The monoisotopic (exact) mass is 245 g/mol. The van der Waals surface area contributed by atoms with Gasteiger partial charge in [0.2, 0.25) is 5.92 Å². The van der Waals surface area contributed by atoms with Crippen molar-refractivity contribution in [2.75, 3.05) is 6.54 Å². The molecule has 0 atom stereocenters. The molecule has 0 saturated heterocycles. The van der Waals surface area contributed by atoms with Crippen molar-refractivity contribution in [1.29, 1.82) is 0 Å². The second-order valence-corrected chi connectivity index (χ2v) is 6.27. The molecule has 0 aliphatic heterocycles. The van der Waals surface area contributed by atoms with Gasteiger partial charge in [0, 0.05) is 12.8 Å². The number of hydrogen-bond acceptors (Lipinski definition) is 1.